The quantitative estimate of drug-likeness (QED) is 0.603. The van der Waals surface area contributed by atoms with Crippen molar-refractivity contribution < 1.29 is 14.4 Å². The lowest BCUT2D eigenvalue weighted by atomic mass is 10.3. The number of aliphatic hydroxyl groups is 2. The van der Waals surface area contributed by atoms with Crippen LogP contribution in [0, 0.1) is 0 Å². The molecule has 0 amide bonds. The molecule has 2 rings (SSSR count). The normalized spacial score (nSPS) is 16.4. The van der Waals surface area contributed by atoms with Gasteiger partial charge >= 0.3 is 0 Å². The van der Waals surface area contributed by atoms with Crippen molar-refractivity contribution in [2.75, 3.05) is 26.3 Å². The van der Waals surface area contributed by atoms with Crippen LogP contribution in [0.1, 0.15) is 13.8 Å². The maximum atomic E-state index is 11.6. The zero-order chi connectivity index (χ0) is 15.7. The van der Waals surface area contributed by atoms with Crippen LogP contribution >= 0.6 is 0 Å². The molecule has 0 fully saturated rings. The second-order valence-electron chi connectivity index (χ2n) is 4.66. The minimum absolute atomic E-state index is 0.139. The van der Waals surface area contributed by atoms with Crippen molar-refractivity contribution in [1.29, 1.82) is 0 Å². The molecule has 1 heterocycles. The van der Waals surface area contributed by atoms with Gasteiger partial charge in [0.25, 0.3) is 0 Å². The minimum Gasteiger partial charge on any atom is -0.395 e. The summed E-state index contributed by atoms with van der Waals surface area (Å²) in [4.78, 5) is 0. The van der Waals surface area contributed by atoms with Crippen LogP contribution in [0.15, 0.2) is 28.7 Å². The summed E-state index contributed by atoms with van der Waals surface area (Å²) in [7, 11) is 0. The molecule has 0 saturated heterocycles. The summed E-state index contributed by atoms with van der Waals surface area (Å²) >= 11 is -1.27. The predicted octanol–water partition coefficient (Wildman–Crippen LogP) is -1.09. The van der Waals surface area contributed by atoms with Gasteiger partial charge in [0.05, 0.1) is 18.6 Å². The first-order chi connectivity index (χ1) is 10.1. The van der Waals surface area contributed by atoms with Gasteiger partial charge < -0.3 is 15.5 Å². The van der Waals surface area contributed by atoms with Gasteiger partial charge in [0.2, 0.25) is 11.2 Å². The third-order valence-electron chi connectivity index (χ3n) is 2.65. The van der Waals surface area contributed by atoms with E-state index in [2.05, 4.69) is 9.71 Å². The number of hydrogen-bond acceptors (Lipinski definition) is 4. The Hall–Kier alpha value is -1.28. The van der Waals surface area contributed by atoms with E-state index in [1.165, 1.54) is 0 Å². The lowest BCUT2D eigenvalue weighted by Gasteiger charge is -2.22. The fourth-order valence-corrected chi connectivity index (χ4v) is 2.60. The average Bonchev–Trinajstić information content (AvgIpc) is 2.47. The molecule has 7 heteroatoms. The Kier molecular flexibility index (Phi) is 8.14. The van der Waals surface area contributed by atoms with Gasteiger partial charge in [-0.05, 0) is 19.9 Å². The number of fused-ring (bicyclic) bond motifs is 1. The van der Waals surface area contributed by atoms with Gasteiger partial charge in [-0.15, -0.1) is 0 Å². The largest absolute Gasteiger partial charge is 0.395 e. The second-order valence-corrected chi connectivity index (χ2v) is 5.73. The fraction of sp³-hybridized carbons (Fsp3) is 0.500. The smallest absolute Gasteiger partial charge is 0.245 e. The van der Waals surface area contributed by atoms with E-state index >= 15 is 0 Å². The number of rotatable bonds is 5. The molecule has 1 aliphatic heterocycles. The Morgan fingerprint density at radius 2 is 1.86 bits per heavy atom. The summed E-state index contributed by atoms with van der Waals surface area (Å²) in [6.07, 6.45) is 1.91. The topological polar surface area (TPSA) is 85.2 Å². The van der Waals surface area contributed by atoms with E-state index in [4.69, 9.17) is 10.2 Å². The number of nitrogens with one attached hydrogen (secondary N) is 1. The molecule has 1 aliphatic rings. The van der Waals surface area contributed by atoms with Crippen LogP contribution in [0.2, 0.25) is 0 Å². The first-order valence-corrected chi connectivity index (χ1v) is 7.95. The van der Waals surface area contributed by atoms with Gasteiger partial charge in [-0.3, -0.25) is 4.31 Å². The number of hydrogen-bond donors (Lipinski definition) is 3. The van der Waals surface area contributed by atoms with E-state index in [-0.39, 0.29) is 19.3 Å². The van der Waals surface area contributed by atoms with Gasteiger partial charge in [0, 0.05) is 30.5 Å². The third kappa shape index (κ3) is 5.92. The van der Waals surface area contributed by atoms with Crippen molar-refractivity contribution in [2.45, 2.75) is 19.9 Å². The second kappa shape index (κ2) is 9.62. The molecule has 0 radical (unpaired) electrons. The lowest BCUT2D eigenvalue weighted by molar-refractivity contribution is 0.266. The summed E-state index contributed by atoms with van der Waals surface area (Å²) in [6.45, 7) is 5.41. The molecular formula is C14H23N3O3S. The summed E-state index contributed by atoms with van der Waals surface area (Å²) in [5.41, 5.74) is 0. The molecule has 0 aliphatic carbocycles. The molecule has 0 aromatic heterocycles. The van der Waals surface area contributed by atoms with E-state index in [1.807, 2.05) is 44.3 Å². The maximum Gasteiger partial charge on any atom is 0.245 e. The molecule has 21 heavy (non-hydrogen) atoms. The van der Waals surface area contributed by atoms with Gasteiger partial charge in [0.1, 0.15) is 0 Å². The highest BCUT2D eigenvalue weighted by molar-refractivity contribution is 7.81. The number of nitrogens with zero attached hydrogens (tertiary/aromatic N) is 2. The van der Waals surface area contributed by atoms with E-state index in [1.54, 1.807) is 4.31 Å². The molecule has 1 aromatic rings. The maximum absolute atomic E-state index is 11.6. The minimum atomic E-state index is -1.27. The molecule has 6 nitrogen and oxygen atoms in total. The van der Waals surface area contributed by atoms with Gasteiger partial charge in [-0.1, -0.05) is 18.2 Å². The van der Waals surface area contributed by atoms with Crippen molar-refractivity contribution in [3.63, 3.8) is 0 Å². The number of benzene rings is 1. The molecule has 1 unspecified atom stereocenters. The Labute approximate surface area is 127 Å². The van der Waals surface area contributed by atoms with Gasteiger partial charge in [-0.25, -0.2) is 4.21 Å². The Morgan fingerprint density at radius 1 is 1.24 bits per heavy atom. The van der Waals surface area contributed by atoms with E-state index in [0.29, 0.717) is 13.1 Å². The standard InChI is InChI=1S/C10H12N2OS.C4H11NO2/c1-8(2)12-7-9-5-3-4-6-10(9)11-14(12)13;6-3-1-5-2-4-7/h3-8H,1-2H3;5-7H,1-4H2. The van der Waals surface area contributed by atoms with E-state index in [9.17, 15) is 4.21 Å². The zero-order valence-electron chi connectivity index (χ0n) is 12.4. The molecule has 1 atom stereocenters. The van der Waals surface area contributed by atoms with Crippen LogP contribution in [0.5, 0.6) is 0 Å². The van der Waals surface area contributed by atoms with Crippen molar-refractivity contribution in [3.8, 4) is 0 Å². The molecule has 118 valence electrons. The molecule has 1 aromatic carbocycles. The first kappa shape index (κ1) is 17.8. The summed E-state index contributed by atoms with van der Waals surface area (Å²) in [6, 6.07) is 7.91. The molecule has 0 spiro atoms. The van der Waals surface area contributed by atoms with Gasteiger partial charge in [0.15, 0.2) is 0 Å². The first-order valence-electron chi connectivity index (χ1n) is 6.88. The van der Waals surface area contributed by atoms with Crippen LogP contribution in [0.4, 0.5) is 0 Å². The molecule has 3 N–H and O–H groups in total. The van der Waals surface area contributed by atoms with Crippen molar-refractivity contribution in [1.82, 2.24) is 9.62 Å². The number of aliphatic hydroxyl groups excluding tert-OH is 2. The van der Waals surface area contributed by atoms with Crippen LogP contribution in [0.25, 0.3) is 6.20 Å². The highest BCUT2D eigenvalue weighted by Crippen LogP contribution is 2.05. The van der Waals surface area contributed by atoms with Crippen molar-refractivity contribution in [2.24, 2.45) is 4.40 Å². The zero-order valence-corrected chi connectivity index (χ0v) is 13.2. The van der Waals surface area contributed by atoms with Crippen LogP contribution in [0.3, 0.4) is 0 Å². The van der Waals surface area contributed by atoms with Crippen molar-refractivity contribution >= 4 is 17.4 Å². The summed E-state index contributed by atoms with van der Waals surface area (Å²) in [5.74, 6) is 0. The van der Waals surface area contributed by atoms with Crippen LogP contribution < -0.4 is 15.9 Å². The van der Waals surface area contributed by atoms with Crippen molar-refractivity contribution in [3.05, 3.63) is 34.8 Å². The average molecular weight is 313 g/mol. The third-order valence-corrected chi connectivity index (χ3v) is 3.89. The fourth-order valence-electron chi connectivity index (χ4n) is 1.61. The van der Waals surface area contributed by atoms with E-state index in [0.717, 1.165) is 10.6 Å². The lowest BCUT2D eigenvalue weighted by Crippen LogP contribution is -2.38. The Bertz CT molecular complexity index is 559. The Morgan fingerprint density at radius 3 is 2.43 bits per heavy atom. The molecule has 0 saturated carbocycles. The highest BCUT2D eigenvalue weighted by atomic mass is 32.2. The van der Waals surface area contributed by atoms with Gasteiger partial charge in [-0.2, -0.15) is 4.40 Å². The van der Waals surface area contributed by atoms with Crippen LogP contribution in [-0.2, 0) is 11.2 Å². The van der Waals surface area contributed by atoms with Crippen LogP contribution in [-0.4, -0.2) is 51.1 Å². The summed E-state index contributed by atoms with van der Waals surface area (Å²) < 4.78 is 17.5. The highest BCUT2D eigenvalue weighted by Gasteiger charge is 2.14. The van der Waals surface area contributed by atoms with E-state index < -0.39 is 11.2 Å². The predicted molar refractivity (Wildman–Crippen MR) is 83.8 cm³/mol. The molecular weight excluding hydrogens is 290 g/mol. The Balaban J connectivity index is 0.000000270. The monoisotopic (exact) mass is 313 g/mol. The summed E-state index contributed by atoms with van der Waals surface area (Å²) in [5, 5.41) is 20.9. The molecule has 0 bridgehead atoms. The SMILES string of the molecule is CC(C)N1C=c2ccccc2=NS1=O.OCCNCCO.